The van der Waals surface area contributed by atoms with E-state index in [1.807, 2.05) is 0 Å². The molecule has 4 nitrogen and oxygen atoms in total. The number of guanidine groups is 1. The van der Waals surface area contributed by atoms with Gasteiger partial charge in [0.2, 0.25) is 0 Å². The van der Waals surface area contributed by atoms with Gasteiger partial charge < -0.3 is 15.4 Å². The zero-order chi connectivity index (χ0) is 19.0. The van der Waals surface area contributed by atoms with Crippen molar-refractivity contribution >= 4 is 5.96 Å². The molecule has 0 heterocycles. The van der Waals surface area contributed by atoms with Gasteiger partial charge in [-0.15, -0.1) is 0 Å². The number of benzene rings is 1. The van der Waals surface area contributed by atoms with Gasteiger partial charge in [0, 0.05) is 33.9 Å². The quantitative estimate of drug-likeness (QED) is 0.563. The number of ether oxygens (including phenoxy) is 1. The highest BCUT2D eigenvalue weighted by molar-refractivity contribution is 5.79. The van der Waals surface area contributed by atoms with Crippen molar-refractivity contribution in [2.75, 3.05) is 27.3 Å². The topological polar surface area (TPSA) is 45.7 Å². The normalized spacial score (nSPS) is 17.3. The Balaban J connectivity index is 1.85. The summed E-state index contributed by atoms with van der Waals surface area (Å²) in [4.78, 5) is 4.22. The maximum Gasteiger partial charge on any atom is 0.416 e. The fraction of sp³-hybridized carbons (Fsp3) is 0.632. The Bertz CT molecular complexity index is 579. The Hall–Kier alpha value is -1.76. The van der Waals surface area contributed by atoms with Crippen LogP contribution in [0.3, 0.4) is 0 Å². The summed E-state index contributed by atoms with van der Waals surface area (Å²) in [6.07, 6.45) is 1.55. The van der Waals surface area contributed by atoms with E-state index in [2.05, 4.69) is 15.6 Å². The molecular weight excluding hydrogens is 343 g/mol. The highest BCUT2D eigenvalue weighted by atomic mass is 19.4. The smallest absolute Gasteiger partial charge is 0.385 e. The molecule has 0 amide bonds. The van der Waals surface area contributed by atoms with Gasteiger partial charge in [0.1, 0.15) is 0 Å². The van der Waals surface area contributed by atoms with Crippen molar-refractivity contribution in [3.8, 4) is 0 Å². The molecule has 2 N–H and O–H groups in total. The number of methoxy groups -OCH3 is 1. The molecule has 0 atom stereocenters. The van der Waals surface area contributed by atoms with E-state index in [4.69, 9.17) is 4.74 Å². The molecule has 1 aliphatic rings. The van der Waals surface area contributed by atoms with Crippen LogP contribution in [0.4, 0.5) is 13.2 Å². The van der Waals surface area contributed by atoms with E-state index in [1.165, 1.54) is 37.8 Å². The predicted octanol–water partition coefficient (Wildman–Crippen LogP) is 3.97. The van der Waals surface area contributed by atoms with Crippen LogP contribution in [0, 0.1) is 5.41 Å². The summed E-state index contributed by atoms with van der Waals surface area (Å²) in [5, 5.41) is 6.54. The number of aliphatic imine (C=N–C) groups is 1. The molecule has 1 aromatic carbocycles. The van der Waals surface area contributed by atoms with E-state index in [-0.39, 0.29) is 5.41 Å². The summed E-state index contributed by atoms with van der Waals surface area (Å²) in [5.74, 6) is 0.661. The van der Waals surface area contributed by atoms with Crippen molar-refractivity contribution in [3.63, 3.8) is 0 Å². The van der Waals surface area contributed by atoms with Gasteiger partial charge in [0.05, 0.1) is 5.56 Å². The second-order valence-corrected chi connectivity index (χ2v) is 6.92. The molecule has 0 unspecified atom stereocenters. The van der Waals surface area contributed by atoms with Crippen LogP contribution < -0.4 is 10.6 Å². The van der Waals surface area contributed by atoms with Crippen molar-refractivity contribution in [3.05, 3.63) is 35.4 Å². The van der Waals surface area contributed by atoms with Crippen molar-refractivity contribution in [1.82, 2.24) is 10.6 Å². The Morgan fingerprint density at radius 3 is 2.35 bits per heavy atom. The zero-order valence-corrected chi connectivity index (χ0v) is 15.5. The molecule has 2 rings (SSSR count). The van der Waals surface area contributed by atoms with E-state index in [0.29, 0.717) is 12.5 Å². The van der Waals surface area contributed by atoms with Gasteiger partial charge in [-0.1, -0.05) is 25.0 Å². The van der Waals surface area contributed by atoms with E-state index in [9.17, 15) is 13.2 Å². The average Bonchev–Trinajstić information content (AvgIpc) is 3.09. The maximum atomic E-state index is 12.6. The SMILES string of the molecule is CN=C(NCc1ccc(C(F)(F)F)cc1)NCC1(CCOC)CCCC1. The first-order valence-electron chi connectivity index (χ1n) is 8.98. The number of hydrogen-bond acceptors (Lipinski definition) is 2. The lowest BCUT2D eigenvalue weighted by atomic mass is 9.83. The van der Waals surface area contributed by atoms with Crippen LogP contribution in [-0.4, -0.2) is 33.3 Å². The highest BCUT2D eigenvalue weighted by Crippen LogP contribution is 2.40. The molecule has 26 heavy (non-hydrogen) atoms. The van der Waals surface area contributed by atoms with Crippen molar-refractivity contribution in [2.24, 2.45) is 10.4 Å². The highest BCUT2D eigenvalue weighted by Gasteiger charge is 2.33. The van der Waals surface area contributed by atoms with Crippen LogP contribution in [0.1, 0.15) is 43.2 Å². The van der Waals surface area contributed by atoms with Crippen LogP contribution in [0.5, 0.6) is 0 Å². The van der Waals surface area contributed by atoms with Crippen LogP contribution in [0.25, 0.3) is 0 Å². The first-order chi connectivity index (χ1) is 12.4. The van der Waals surface area contributed by atoms with Gasteiger partial charge in [-0.05, 0) is 42.4 Å². The number of alkyl halides is 3. The lowest BCUT2D eigenvalue weighted by Gasteiger charge is -2.30. The van der Waals surface area contributed by atoms with E-state index < -0.39 is 11.7 Å². The predicted molar refractivity (Wildman–Crippen MR) is 97.0 cm³/mol. The molecule has 0 spiro atoms. The summed E-state index contributed by atoms with van der Waals surface area (Å²) in [5.41, 5.74) is 0.378. The largest absolute Gasteiger partial charge is 0.416 e. The second-order valence-electron chi connectivity index (χ2n) is 6.92. The molecule has 0 bridgehead atoms. The van der Waals surface area contributed by atoms with Crippen LogP contribution in [-0.2, 0) is 17.5 Å². The summed E-state index contributed by atoms with van der Waals surface area (Å²) in [6, 6.07) is 5.18. The third-order valence-electron chi connectivity index (χ3n) is 5.10. The standard InChI is InChI=1S/C19H28F3N3O/c1-23-17(25-14-18(11-12-26-2)9-3-4-10-18)24-13-15-5-7-16(8-6-15)19(20,21)22/h5-8H,3-4,9-14H2,1-2H3,(H2,23,24,25). The van der Waals surface area contributed by atoms with E-state index in [1.54, 1.807) is 14.2 Å². The molecule has 0 saturated heterocycles. The van der Waals surface area contributed by atoms with E-state index in [0.717, 1.165) is 37.3 Å². The van der Waals surface area contributed by atoms with Gasteiger partial charge in [-0.2, -0.15) is 13.2 Å². The minimum Gasteiger partial charge on any atom is -0.385 e. The first-order valence-corrected chi connectivity index (χ1v) is 8.98. The fourth-order valence-corrected chi connectivity index (χ4v) is 3.45. The monoisotopic (exact) mass is 371 g/mol. The zero-order valence-electron chi connectivity index (χ0n) is 15.5. The number of nitrogens with zero attached hydrogens (tertiary/aromatic N) is 1. The van der Waals surface area contributed by atoms with Crippen LogP contribution in [0.2, 0.25) is 0 Å². The van der Waals surface area contributed by atoms with Gasteiger partial charge in [0.25, 0.3) is 0 Å². The molecule has 1 aromatic rings. The number of nitrogens with one attached hydrogen (secondary N) is 2. The minimum absolute atomic E-state index is 0.238. The summed E-state index contributed by atoms with van der Waals surface area (Å²) < 4.78 is 43.1. The lowest BCUT2D eigenvalue weighted by Crippen LogP contribution is -2.43. The first kappa shape index (κ1) is 20.6. The fourth-order valence-electron chi connectivity index (χ4n) is 3.45. The average molecular weight is 371 g/mol. The minimum atomic E-state index is -4.30. The van der Waals surface area contributed by atoms with Crippen molar-refractivity contribution in [1.29, 1.82) is 0 Å². The van der Waals surface area contributed by atoms with Crippen LogP contribution in [0.15, 0.2) is 29.3 Å². The second kappa shape index (κ2) is 9.26. The molecule has 7 heteroatoms. The summed E-state index contributed by atoms with van der Waals surface area (Å²) in [7, 11) is 3.42. The Morgan fingerprint density at radius 2 is 1.81 bits per heavy atom. The number of hydrogen-bond donors (Lipinski definition) is 2. The molecular formula is C19H28F3N3O. The van der Waals surface area contributed by atoms with E-state index >= 15 is 0 Å². The Labute approximate surface area is 153 Å². The molecule has 1 aliphatic carbocycles. The Morgan fingerprint density at radius 1 is 1.15 bits per heavy atom. The van der Waals surface area contributed by atoms with Gasteiger partial charge in [-0.3, -0.25) is 4.99 Å². The molecule has 0 aromatic heterocycles. The lowest BCUT2D eigenvalue weighted by molar-refractivity contribution is -0.137. The summed E-state index contributed by atoms with van der Waals surface area (Å²) >= 11 is 0. The van der Waals surface area contributed by atoms with Gasteiger partial charge in [-0.25, -0.2) is 0 Å². The maximum absolute atomic E-state index is 12.6. The molecule has 0 radical (unpaired) electrons. The Kier molecular flexibility index (Phi) is 7.32. The molecule has 146 valence electrons. The third-order valence-corrected chi connectivity index (χ3v) is 5.10. The third kappa shape index (κ3) is 5.90. The van der Waals surface area contributed by atoms with Crippen molar-refractivity contribution < 1.29 is 17.9 Å². The number of rotatable bonds is 7. The van der Waals surface area contributed by atoms with Gasteiger partial charge >= 0.3 is 6.18 Å². The summed E-state index contributed by atoms with van der Waals surface area (Å²) in [6.45, 7) is 1.99. The number of halogens is 3. The molecule has 1 saturated carbocycles. The molecule has 1 fully saturated rings. The van der Waals surface area contributed by atoms with Gasteiger partial charge in [0.15, 0.2) is 5.96 Å². The molecule has 0 aliphatic heterocycles. The van der Waals surface area contributed by atoms with Crippen molar-refractivity contribution in [2.45, 2.75) is 44.8 Å². The van der Waals surface area contributed by atoms with Crippen LogP contribution >= 0.6 is 0 Å².